The van der Waals surface area contributed by atoms with Crippen LogP contribution in [0.5, 0.6) is 0 Å². The lowest BCUT2D eigenvalue weighted by atomic mass is 9.80. The Hall–Kier alpha value is -1.37. The largest absolute Gasteiger partial charge is 0.294 e. The van der Waals surface area contributed by atoms with Crippen molar-refractivity contribution >= 4 is 5.78 Å². The Labute approximate surface area is 91.8 Å². The van der Waals surface area contributed by atoms with E-state index < -0.39 is 0 Å². The molecule has 1 rings (SSSR count). The molecule has 0 amide bonds. The molecule has 0 saturated carbocycles. The van der Waals surface area contributed by atoms with Crippen molar-refractivity contribution in [3.8, 4) is 0 Å². The van der Waals surface area contributed by atoms with Crippen molar-refractivity contribution in [2.45, 2.75) is 27.2 Å². The molecule has 1 aromatic rings. The van der Waals surface area contributed by atoms with Crippen LogP contribution in [0, 0.1) is 12.3 Å². The SMILES string of the molecule is C=CCC(C)(C)C(=O)c1ccccc1C. The highest BCUT2D eigenvalue weighted by molar-refractivity contribution is 6.01. The van der Waals surface area contributed by atoms with Crippen LogP contribution in [0.1, 0.15) is 36.2 Å². The first-order valence-electron chi connectivity index (χ1n) is 5.20. The summed E-state index contributed by atoms with van der Waals surface area (Å²) in [6, 6.07) is 7.72. The van der Waals surface area contributed by atoms with Crippen LogP contribution in [0.4, 0.5) is 0 Å². The van der Waals surface area contributed by atoms with Crippen molar-refractivity contribution in [3.05, 3.63) is 48.0 Å². The van der Waals surface area contributed by atoms with Crippen molar-refractivity contribution in [3.63, 3.8) is 0 Å². The molecule has 1 aromatic carbocycles. The smallest absolute Gasteiger partial charge is 0.169 e. The Kier molecular flexibility index (Phi) is 3.46. The lowest BCUT2D eigenvalue weighted by Gasteiger charge is -2.22. The summed E-state index contributed by atoms with van der Waals surface area (Å²) in [4.78, 5) is 12.2. The first-order valence-corrected chi connectivity index (χ1v) is 5.20. The van der Waals surface area contributed by atoms with Crippen molar-refractivity contribution in [1.29, 1.82) is 0 Å². The van der Waals surface area contributed by atoms with Crippen molar-refractivity contribution in [2.75, 3.05) is 0 Å². The number of benzene rings is 1. The van der Waals surface area contributed by atoms with E-state index in [1.54, 1.807) is 6.08 Å². The van der Waals surface area contributed by atoms with Gasteiger partial charge in [-0.05, 0) is 18.9 Å². The number of allylic oxidation sites excluding steroid dienone is 1. The molecule has 0 N–H and O–H groups in total. The van der Waals surface area contributed by atoms with E-state index in [0.29, 0.717) is 6.42 Å². The lowest BCUT2D eigenvalue weighted by molar-refractivity contribution is 0.0840. The van der Waals surface area contributed by atoms with Gasteiger partial charge in [-0.2, -0.15) is 0 Å². The Balaban J connectivity index is 3.04. The van der Waals surface area contributed by atoms with Crippen LogP contribution < -0.4 is 0 Å². The average Bonchev–Trinajstić information content (AvgIpc) is 2.17. The van der Waals surface area contributed by atoms with Gasteiger partial charge in [-0.25, -0.2) is 0 Å². The third-order valence-electron chi connectivity index (χ3n) is 2.66. The van der Waals surface area contributed by atoms with Crippen LogP contribution in [0.25, 0.3) is 0 Å². The fourth-order valence-corrected chi connectivity index (χ4v) is 1.65. The summed E-state index contributed by atoms with van der Waals surface area (Å²) in [6.07, 6.45) is 2.51. The zero-order valence-electron chi connectivity index (χ0n) is 9.71. The molecular weight excluding hydrogens is 184 g/mol. The Morgan fingerprint density at radius 1 is 1.40 bits per heavy atom. The minimum absolute atomic E-state index is 0.195. The number of ketones is 1. The molecule has 0 aromatic heterocycles. The van der Waals surface area contributed by atoms with Crippen LogP contribution in [0.15, 0.2) is 36.9 Å². The molecule has 0 aliphatic rings. The van der Waals surface area contributed by atoms with E-state index in [2.05, 4.69) is 6.58 Å². The summed E-state index contributed by atoms with van der Waals surface area (Å²) in [5, 5.41) is 0. The van der Waals surface area contributed by atoms with Crippen LogP contribution in [0.3, 0.4) is 0 Å². The van der Waals surface area contributed by atoms with Gasteiger partial charge in [0.15, 0.2) is 5.78 Å². The monoisotopic (exact) mass is 202 g/mol. The van der Waals surface area contributed by atoms with Crippen LogP contribution in [-0.4, -0.2) is 5.78 Å². The summed E-state index contributed by atoms with van der Waals surface area (Å²) in [5.41, 5.74) is 1.51. The molecule has 0 atom stereocenters. The summed E-state index contributed by atoms with van der Waals surface area (Å²) in [7, 11) is 0. The van der Waals surface area contributed by atoms with E-state index in [4.69, 9.17) is 0 Å². The second kappa shape index (κ2) is 4.43. The third kappa shape index (κ3) is 2.56. The molecule has 0 aliphatic carbocycles. The van der Waals surface area contributed by atoms with Gasteiger partial charge >= 0.3 is 0 Å². The van der Waals surface area contributed by atoms with Gasteiger partial charge in [0.05, 0.1) is 0 Å². The van der Waals surface area contributed by atoms with E-state index in [1.165, 1.54) is 0 Å². The number of carbonyl (C=O) groups excluding carboxylic acids is 1. The molecule has 0 unspecified atom stereocenters. The molecule has 1 heteroatoms. The van der Waals surface area contributed by atoms with Gasteiger partial charge in [0.25, 0.3) is 0 Å². The third-order valence-corrected chi connectivity index (χ3v) is 2.66. The molecule has 0 aliphatic heterocycles. The standard InChI is InChI=1S/C14H18O/c1-5-10-14(3,4)13(15)12-9-7-6-8-11(12)2/h5-9H,1,10H2,2-4H3. The highest BCUT2D eigenvalue weighted by Gasteiger charge is 2.27. The van der Waals surface area contributed by atoms with E-state index in [9.17, 15) is 4.79 Å². The minimum Gasteiger partial charge on any atom is -0.294 e. The number of aryl methyl sites for hydroxylation is 1. The van der Waals surface area contributed by atoms with Crippen LogP contribution in [-0.2, 0) is 0 Å². The molecule has 0 fully saturated rings. The zero-order chi connectivity index (χ0) is 11.5. The normalized spacial score (nSPS) is 11.1. The first kappa shape index (κ1) is 11.7. The molecule has 0 heterocycles. The Morgan fingerprint density at radius 2 is 2.00 bits per heavy atom. The van der Waals surface area contributed by atoms with Crippen LogP contribution in [0.2, 0.25) is 0 Å². The van der Waals surface area contributed by atoms with Crippen molar-refractivity contribution < 1.29 is 4.79 Å². The fraction of sp³-hybridized carbons (Fsp3) is 0.357. The predicted octanol–water partition coefficient (Wildman–Crippen LogP) is 3.78. The quantitative estimate of drug-likeness (QED) is 0.536. The Bertz CT molecular complexity index is 375. The van der Waals surface area contributed by atoms with Crippen LogP contribution >= 0.6 is 0 Å². The number of carbonyl (C=O) groups is 1. The van der Waals surface area contributed by atoms with Gasteiger partial charge in [-0.1, -0.05) is 44.2 Å². The number of rotatable bonds is 4. The summed E-state index contributed by atoms with van der Waals surface area (Å²) >= 11 is 0. The second-order valence-corrected chi connectivity index (χ2v) is 4.52. The van der Waals surface area contributed by atoms with Gasteiger partial charge < -0.3 is 0 Å². The van der Waals surface area contributed by atoms with Gasteiger partial charge in [0.2, 0.25) is 0 Å². The molecule has 0 bridgehead atoms. The number of hydrogen-bond acceptors (Lipinski definition) is 1. The maximum Gasteiger partial charge on any atom is 0.169 e. The molecule has 0 radical (unpaired) electrons. The number of hydrogen-bond donors (Lipinski definition) is 0. The van der Waals surface area contributed by atoms with Gasteiger partial charge in [0.1, 0.15) is 0 Å². The van der Waals surface area contributed by atoms with Crippen molar-refractivity contribution in [1.82, 2.24) is 0 Å². The fourth-order valence-electron chi connectivity index (χ4n) is 1.65. The molecular formula is C14H18O. The van der Waals surface area contributed by atoms with E-state index in [-0.39, 0.29) is 11.2 Å². The van der Waals surface area contributed by atoms with E-state index >= 15 is 0 Å². The Morgan fingerprint density at radius 3 is 2.53 bits per heavy atom. The number of Topliss-reactive ketones (excluding diaryl/α,β-unsaturated/α-hetero) is 1. The molecule has 1 nitrogen and oxygen atoms in total. The van der Waals surface area contributed by atoms with E-state index in [1.807, 2.05) is 45.0 Å². The first-order chi connectivity index (χ1) is 6.99. The average molecular weight is 202 g/mol. The van der Waals surface area contributed by atoms with Gasteiger partial charge in [-0.15, -0.1) is 6.58 Å². The lowest BCUT2D eigenvalue weighted by Crippen LogP contribution is -2.24. The van der Waals surface area contributed by atoms with Gasteiger partial charge in [-0.3, -0.25) is 4.79 Å². The predicted molar refractivity (Wildman–Crippen MR) is 64.1 cm³/mol. The van der Waals surface area contributed by atoms with Gasteiger partial charge in [0, 0.05) is 11.0 Å². The molecule has 0 saturated heterocycles. The molecule has 80 valence electrons. The summed E-state index contributed by atoms with van der Waals surface area (Å²) in [5.74, 6) is 0.195. The highest BCUT2D eigenvalue weighted by Crippen LogP contribution is 2.27. The molecule has 15 heavy (non-hydrogen) atoms. The van der Waals surface area contributed by atoms with E-state index in [0.717, 1.165) is 11.1 Å². The topological polar surface area (TPSA) is 17.1 Å². The second-order valence-electron chi connectivity index (χ2n) is 4.52. The maximum absolute atomic E-state index is 12.2. The summed E-state index contributed by atoms with van der Waals surface area (Å²) in [6.45, 7) is 9.59. The maximum atomic E-state index is 12.2. The zero-order valence-corrected chi connectivity index (χ0v) is 9.71. The highest BCUT2D eigenvalue weighted by atomic mass is 16.1. The molecule has 0 spiro atoms. The van der Waals surface area contributed by atoms with Crippen molar-refractivity contribution in [2.24, 2.45) is 5.41 Å². The minimum atomic E-state index is -0.353. The summed E-state index contributed by atoms with van der Waals surface area (Å²) < 4.78 is 0.